The van der Waals surface area contributed by atoms with E-state index in [4.69, 9.17) is 12.2 Å². The van der Waals surface area contributed by atoms with Gasteiger partial charge in [0, 0.05) is 6.42 Å². The topological polar surface area (TPSA) is 66.5 Å². The van der Waals surface area contributed by atoms with Crippen molar-refractivity contribution < 1.29 is 11.6 Å². The van der Waals surface area contributed by atoms with E-state index in [1.165, 1.54) is 6.08 Å². The van der Waals surface area contributed by atoms with Crippen molar-refractivity contribution in [1.82, 2.24) is 0 Å². The number of aliphatic hydroxyl groups is 2. The standard InChI is InChI=1S/C8H13NO2/c9-4-3-6-1-2-7(10)8(11)5-6/h1-2,8,10-11H,3-5,9H2/i8D. The van der Waals surface area contributed by atoms with Crippen LogP contribution in [-0.2, 0) is 0 Å². The molecule has 3 nitrogen and oxygen atoms in total. The van der Waals surface area contributed by atoms with Crippen molar-refractivity contribution in [3.8, 4) is 0 Å². The van der Waals surface area contributed by atoms with Crippen molar-refractivity contribution in [3.63, 3.8) is 0 Å². The Morgan fingerprint density at radius 2 is 2.45 bits per heavy atom. The van der Waals surface area contributed by atoms with Gasteiger partial charge in [-0.2, -0.15) is 0 Å². The minimum atomic E-state index is -1.85. The zero-order chi connectivity index (χ0) is 9.19. The van der Waals surface area contributed by atoms with Crippen molar-refractivity contribution in [2.75, 3.05) is 6.54 Å². The van der Waals surface area contributed by atoms with Gasteiger partial charge in [0.05, 0.1) is 1.37 Å². The summed E-state index contributed by atoms with van der Waals surface area (Å²) in [5, 5.41) is 18.4. The Kier molecular flexibility index (Phi) is 2.22. The van der Waals surface area contributed by atoms with Crippen LogP contribution in [0.15, 0.2) is 23.5 Å². The molecule has 4 N–H and O–H groups in total. The Morgan fingerprint density at radius 3 is 3.00 bits per heavy atom. The highest BCUT2D eigenvalue weighted by molar-refractivity contribution is 5.23. The van der Waals surface area contributed by atoms with Crippen molar-refractivity contribution in [3.05, 3.63) is 23.5 Å². The van der Waals surface area contributed by atoms with Gasteiger partial charge in [-0.15, -0.1) is 0 Å². The number of allylic oxidation sites excluding steroid dienone is 2. The van der Waals surface area contributed by atoms with E-state index >= 15 is 0 Å². The number of aliphatic hydroxyl groups excluding tert-OH is 1. The number of rotatable bonds is 2. The first-order chi connectivity index (χ1) is 5.56. The van der Waals surface area contributed by atoms with Gasteiger partial charge < -0.3 is 15.9 Å². The van der Waals surface area contributed by atoms with Gasteiger partial charge >= 0.3 is 0 Å². The first-order valence-electron chi connectivity index (χ1n) is 4.08. The Balaban J connectivity index is 2.73. The van der Waals surface area contributed by atoms with E-state index in [1.807, 2.05) is 0 Å². The third-order valence-corrected chi connectivity index (χ3v) is 1.63. The van der Waals surface area contributed by atoms with Gasteiger partial charge in [-0.3, -0.25) is 0 Å². The fraction of sp³-hybridized carbons (Fsp3) is 0.500. The lowest BCUT2D eigenvalue weighted by Crippen LogP contribution is -2.15. The highest BCUT2D eigenvalue weighted by Gasteiger charge is 2.14. The molecule has 0 saturated carbocycles. The average molecular weight is 156 g/mol. The largest absolute Gasteiger partial charge is 0.510 e. The van der Waals surface area contributed by atoms with E-state index in [2.05, 4.69) is 0 Å². The molecule has 0 aromatic rings. The molecule has 0 radical (unpaired) electrons. The molecule has 0 amide bonds. The minimum Gasteiger partial charge on any atom is -0.510 e. The van der Waals surface area contributed by atoms with Crippen LogP contribution in [0.25, 0.3) is 0 Å². The molecule has 62 valence electrons. The predicted molar refractivity (Wildman–Crippen MR) is 43.1 cm³/mol. The molecule has 1 unspecified atom stereocenters. The molecule has 0 spiro atoms. The summed E-state index contributed by atoms with van der Waals surface area (Å²) < 4.78 is 7.30. The fourth-order valence-corrected chi connectivity index (χ4v) is 1.01. The van der Waals surface area contributed by atoms with Crippen molar-refractivity contribution in [2.24, 2.45) is 5.73 Å². The van der Waals surface area contributed by atoms with Crippen LogP contribution in [0.2, 0.25) is 0 Å². The van der Waals surface area contributed by atoms with Gasteiger partial charge in [-0.05, 0) is 19.0 Å². The molecule has 11 heavy (non-hydrogen) atoms. The Morgan fingerprint density at radius 1 is 1.73 bits per heavy atom. The predicted octanol–water partition coefficient (Wildman–Crippen LogP) is 0.468. The lowest BCUT2D eigenvalue weighted by molar-refractivity contribution is 0.150. The summed E-state index contributed by atoms with van der Waals surface area (Å²) in [7, 11) is 0. The molecule has 0 fully saturated rings. The number of hydrogen-bond acceptors (Lipinski definition) is 3. The van der Waals surface area contributed by atoms with Crippen molar-refractivity contribution in [2.45, 2.75) is 18.9 Å². The normalized spacial score (nSPS) is 32.4. The summed E-state index contributed by atoms with van der Waals surface area (Å²) in [6, 6.07) is 0. The second kappa shape index (κ2) is 3.55. The molecule has 1 rings (SSSR count). The molecule has 3 heteroatoms. The van der Waals surface area contributed by atoms with Crippen LogP contribution in [0.3, 0.4) is 0 Å². The Bertz CT molecular complexity index is 233. The van der Waals surface area contributed by atoms with E-state index in [-0.39, 0.29) is 12.2 Å². The van der Waals surface area contributed by atoms with Gasteiger partial charge in [0.2, 0.25) is 0 Å². The molecule has 0 aromatic carbocycles. The first kappa shape index (κ1) is 6.88. The minimum absolute atomic E-state index is 0.145. The van der Waals surface area contributed by atoms with Crippen LogP contribution in [-0.4, -0.2) is 22.8 Å². The summed E-state index contributed by atoms with van der Waals surface area (Å²) in [6.07, 6.45) is 2.00. The van der Waals surface area contributed by atoms with Crippen LogP contribution in [0.4, 0.5) is 0 Å². The average Bonchev–Trinajstić information content (AvgIpc) is 1.97. The van der Waals surface area contributed by atoms with Crippen LogP contribution < -0.4 is 5.73 Å². The lowest BCUT2D eigenvalue weighted by Gasteiger charge is -2.15. The zero-order valence-corrected chi connectivity index (χ0v) is 6.25. The number of nitrogens with two attached hydrogens (primary N) is 1. The van der Waals surface area contributed by atoms with E-state index in [0.29, 0.717) is 13.0 Å². The number of hydrogen-bond donors (Lipinski definition) is 3. The van der Waals surface area contributed by atoms with E-state index < -0.39 is 6.08 Å². The van der Waals surface area contributed by atoms with E-state index in [0.717, 1.165) is 5.57 Å². The van der Waals surface area contributed by atoms with Crippen LogP contribution in [0, 0.1) is 0 Å². The maximum absolute atomic E-state index is 9.31. The van der Waals surface area contributed by atoms with Gasteiger partial charge in [0.25, 0.3) is 0 Å². The highest BCUT2D eigenvalue weighted by Crippen LogP contribution is 2.18. The Labute approximate surface area is 67.2 Å². The van der Waals surface area contributed by atoms with Gasteiger partial charge in [0.1, 0.15) is 11.8 Å². The smallest absolute Gasteiger partial charge is 0.121 e. The molecule has 1 aliphatic rings. The van der Waals surface area contributed by atoms with E-state index in [9.17, 15) is 5.11 Å². The second-order valence-corrected chi connectivity index (χ2v) is 2.54. The molecule has 0 bridgehead atoms. The maximum Gasteiger partial charge on any atom is 0.121 e. The zero-order valence-electron chi connectivity index (χ0n) is 7.25. The fourth-order valence-electron chi connectivity index (χ4n) is 1.01. The molecule has 0 heterocycles. The molecular weight excluding hydrogens is 142 g/mol. The first-order valence-corrected chi connectivity index (χ1v) is 3.58. The van der Waals surface area contributed by atoms with Crippen LogP contribution >= 0.6 is 0 Å². The highest BCUT2D eigenvalue weighted by atomic mass is 16.3. The van der Waals surface area contributed by atoms with Gasteiger partial charge in [-0.25, -0.2) is 0 Å². The monoisotopic (exact) mass is 156 g/mol. The van der Waals surface area contributed by atoms with Crippen LogP contribution in [0.5, 0.6) is 0 Å². The third kappa shape index (κ3) is 2.06. The van der Waals surface area contributed by atoms with Crippen molar-refractivity contribution in [1.29, 1.82) is 0 Å². The van der Waals surface area contributed by atoms with Crippen LogP contribution in [0.1, 0.15) is 14.2 Å². The second-order valence-electron chi connectivity index (χ2n) is 2.54. The maximum atomic E-state index is 9.31. The van der Waals surface area contributed by atoms with Crippen molar-refractivity contribution >= 4 is 0 Å². The SMILES string of the molecule is [2H]C1(O)CC(CCN)=CC=C1O. The van der Waals surface area contributed by atoms with Gasteiger partial charge in [0.15, 0.2) is 0 Å². The molecule has 0 aromatic heterocycles. The van der Waals surface area contributed by atoms with E-state index in [1.54, 1.807) is 6.08 Å². The quantitative estimate of drug-likeness (QED) is 0.544. The Hall–Kier alpha value is -0.800. The molecule has 0 saturated heterocycles. The van der Waals surface area contributed by atoms with Gasteiger partial charge in [-0.1, -0.05) is 11.6 Å². The summed E-state index contributed by atoms with van der Waals surface area (Å²) in [4.78, 5) is 0. The summed E-state index contributed by atoms with van der Waals surface area (Å²) in [5.74, 6) is -0.303. The molecule has 1 aliphatic carbocycles. The molecular formula is C8H13NO2. The molecule has 1 atom stereocenters. The third-order valence-electron chi connectivity index (χ3n) is 1.63. The summed E-state index contributed by atoms with van der Waals surface area (Å²) in [5.41, 5.74) is 6.21. The summed E-state index contributed by atoms with van der Waals surface area (Å²) >= 11 is 0. The lowest BCUT2D eigenvalue weighted by atomic mass is 9.99. The molecule has 0 aliphatic heterocycles. The summed E-state index contributed by atoms with van der Waals surface area (Å²) in [6.45, 7) is 0.497.